The van der Waals surface area contributed by atoms with Gasteiger partial charge in [0.05, 0.1) is 13.2 Å². The van der Waals surface area contributed by atoms with Crippen molar-refractivity contribution in [1.82, 2.24) is 4.90 Å². The molecular weight excluding hydrogens is 392 g/mol. The summed E-state index contributed by atoms with van der Waals surface area (Å²) in [7, 11) is 0. The zero-order valence-corrected chi connectivity index (χ0v) is 17.6. The van der Waals surface area contributed by atoms with Gasteiger partial charge in [-0.2, -0.15) is 0 Å². The van der Waals surface area contributed by atoms with E-state index in [1.807, 2.05) is 35.2 Å². The third-order valence-electron chi connectivity index (χ3n) is 5.80. The second-order valence-corrected chi connectivity index (χ2v) is 7.75. The quantitative estimate of drug-likeness (QED) is 0.749. The van der Waals surface area contributed by atoms with Gasteiger partial charge in [-0.25, -0.2) is 0 Å². The van der Waals surface area contributed by atoms with Crippen LogP contribution in [0.1, 0.15) is 15.9 Å². The number of nitrogens with two attached hydrogens (primary N) is 1. The van der Waals surface area contributed by atoms with Crippen molar-refractivity contribution in [2.75, 3.05) is 62.3 Å². The first kappa shape index (κ1) is 20.9. The van der Waals surface area contributed by atoms with E-state index in [1.54, 1.807) is 18.2 Å². The average Bonchev–Trinajstić information content (AvgIpc) is 2.83. The lowest BCUT2D eigenvalue weighted by Gasteiger charge is -2.35. The van der Waals surface area contributed by atoms with E-state index in [9.17, 15) is 9.59 Å². The monoisotopic (exact) mass is 420 g/mol. The van der Waals surface area contributed by atoms with E-state index in [-0.39, 0.29) is 5.91 Å². The number of hydrogen-bond acceptors (Lipinski definition) is 5. The lowest BCUT2D eigenvalue weighted by Crippen LogP contribution is -2.48. The van der Waals surface area contributed by atoms with Gasteiger partial charge in [-0.05, 0) is 48.0 Å². The van der Waals surface area contributed by atoms with Gasteiger partial charge in [0.2, 0.25) is 11.8 Å². The number of nitrogens with zero attached hydrogens (tertiary/aromatic N) is 3. The van der Waals surface area contributed by atoms with Crippen LogP contribution in [0.15, 0.2) is 54.6 Å². The molecule has 0 aromatic heterocycles. The van der Waals surface area contributed by atoms with Crippen LogP contribution in [0.25, 0.3) is 6.08 Å². The van der Waals surface area contributed by atoms with Crippen LogP contribution in [0.5, 0.6) is 0 Å². The number of morpholine rings is 1. The first-order valence-corrected chi connectivity index (χ1v) is 10.6. The predicted octanol–water partition coefficient (Wildman–Crippen LogP) is 1.98. The molecule has 2 heterocycles. The van der Waals surface area contributed by atoms with E-state index < -0.39 is 5.91 Å². The van der Waals surface area contributed by atoms with Crippen LogP contribution in [0.3, 0.4) is 0 Å². The van der Waals surface area contributed by atoms with Gasteiger partial charge in [0.15, 0.2) is 0 Å². The second kappa shape index (κ2) is 9.66. The molecule has 0 aliphatic carbocycles. The molecule has 0 atom stereocenters. The molecule has 0 radical (unpaired) electrons. The van der Waals surface area contributed by atoms with Gasteiger partial charge < -0.3 is 25.2 Å². The highest BCUT2D eigenvalue weighted by atomic mass is 16.5. The summed E-state index contributed by atoms with van der Waals surface area (Å²) in [5.74, 6) is -0.398. The summed E-state index contributed by atoms with van der Waals surface area (Å²) >= 11 is 0. The molecule has 4 rings (SSSR count). The molecule has 2 saturated heterocycles. The minimum atomic E-state index is -0.426. The maximum absolute atomic E-state index is 12.6. The SMILES string of the molecule is NC(=O)c1ccc(N2CCN(C(=O)/C=C/c3ccc(N4CCOCC4)cc3)CC2)cc1. The maximum atomic E-state index is 12.6. The highest BCUT2D eigenvalue weighted by Gasteiger charge is 2.20. The van der Waals surface area contributed by atoms with Crippen molar-refractivity contribution in [3.8, 4) is 0 Å². The Kier molecular flexibility index (Phi) is 6.52. The molecule has 2 aliphatic heterocycles. The first-order valence-electron chi connectivity index (χ1n) is 10.6. The molecule has 7 heteroatoms. The van der Waals surface area contributed by atoms with E-state index in [0.717, 1.165) is 50.6 Å². The lowest BCUT2D eigenvalue weighted by atomic mass is 10.1. The van der Waals surface area contributed by atoms with Crippen molar-refractivity contribution in [1.29, 1.82) is 0 Å². The number of carbonyl (C=O) groups excluding carboxylic acids is 2. The van der Waals surface area contributed by atoms with Crippen molar-refractivity contribution in [2.45, 2.75) is 0 Å². The molecular formula is C24H28N4O3. The van der Waals surface area contributed by atoms with Crippen LogP contribution < -0.4 is 15.5 Å². The molecule has 2 aliphatic rings. The predicted molar refractivity (Wildman–Crippen MR) is 122 cm³/mol. The van der Waals surface area contributed by atoms with E-state index in [0.29, 0.717) is 18.7 Å². The molecule has 7 nitrogen and oxygen atoms in total. The number of piperazine rings is 1. The Morgan fingerprint density at radius 2 is 1.32 bits per heavy atom. The maximum Gasteiger partial charge on any atom is 0.248 e. The summed E-state index contributed by atoms with van der Waals surface area (Å²) < 4.78 is 5.40. The topological polar surface area (TPSA) is 79.1 Å². The van der Waals surface area contributed by atoms with Gasteiger partial charge in [-0.3, -0.25) is 9.59 Å². The van der Waals surface area contributed by atoms with Gasteiger partial charge in [-0.15, -0.1) is 0 Å². The largest absolute Gasteiger partial charge is 0.378 e. The standard InChI is InChI=1S/C24H28N4O3/c25-24(30)20-4-8-22(9-5-20)26-11-13-28(14-12-26)23(29)10-3-19-1-6-21(7-2-19)27-15-17-31-18-16-27/h1-10H,11-18H2,(H2,25,30)/b10-3+. The molecule has 2 N–H and O–H groups in total. The summed E-state index contributed by atoms with van der Waals surface area (Å²) in [4.78, 5) is 30.2. The summed E-state index contributed by atoms with van der Waals surface area (Å²) in [6.45, 7) is 6.19. The third kappa shape index (κ3) is 5.24. The van der Waals surface area contributed by atoms with E-state index in [4.69, 9.17) is 10.5 Å². The van der Waals surface area contributed by atoms with Crippen LogP contribution in [0.4, 0.5) is 11.4 Å². The van der Waals surface area contributed by atoms with E-state index in [1.165, 1.54) is 5.69 Å². The van der Waals surface area contributed by atoms with Crippen molar-refractivity contribution >= 4 is 29.3 Å². The number of carbonyl (C=O) groups is 2. The number of ether oxygens (including phenoxy) is 1. The highest BCUT2D eigenvalue weighted by molar-refractivity contribution is 5.93. The lowest BCUT2D eigenvalue weighted by molar-refractivity contribution is -0.126. The van der Waals surface area contributed by atoms with E-state index >= 15 is 0 Å². The van der Waals surface area contributed by atoms with Crippen LogP contribution in [-0.4, -0.2) is 69.2 Å². The van der Waals surface area contributed by atoms with E-state index in [2.05, 4.69) is 21.9 Å². The number of anilines is 2. The zero-order valence-electron chi connectivity index (χ0n) is 17.6. The van der Waals surface area contributed by atoms with Gasteiger partial charge in [-0.1, -0.05) is 12.1 Å². The van der Waals surface area contributed by atoms with Crippen LogP contribution in [0.2, 0.25) is 0 Å². The second-order valence-electron chi connectivity index (χ2n) is 7.75. The summed E-state index contributed by atoms with van der Waals surface area (Å²) in [6.07, 6.45) is 3.53. The van der Waals surface area contributed by atoms with Gasteiger partial charge >= 0.3 is 0 Å². The summed E-state index contributed by atoms with van der Waals surface area (Å²) in [5, 5.41) is 0. The number of primary amides is 1. The minimum absolute atomic E-state index is 0.0287. The Morgan fingerprint density at radius 3 is 1.90 bits per heavy atom. The fourth-order valence-electron chi connectivity index (χ4n) is 3.91. The molecule has 0 bridgehead atoms. The molecule has 2 fully saturated rings. The number of benzene rings is 2. The van der Waals surface area contributed by atoms with Crippen molar-refractivity contribution < 1.29 is 14.3 Å². The minimum Gasteiger partial charge on any atom is -0.378 e. The smallest absolute Gasteiger partial charge is 0.248 e. The number of rotatable bonds is 5. The number of hydrogen-bond donors (Lipinski definition) is 1. The molecule has 31 heavy (non-hydrogen) atoms. The zero-order chi connectivity index (χ0) is 21.6. The van der Waals surface area contributed by atoms with Crippen LogP contribution >= 0.6 is 0 Å². The normalized spacial score (nSPS) is 17.2. The van der Waals surface area contributed by atoms with Gasteiger partial charge in [0, 0.05) is 62.3 Å². The molecule has 162 valence electrons. The Bertz CT molecular complexity index is 926. The van der Waals surface area contributed by atoms with Gasteiger partial charge in [0.25, 0.3) is 0 Å². The van der Waals surface area contributed by atoms with Gasteiger partial charge in [0.1, 0.15) is 0 Å². The summed E-state index contributed by atoms with van der Waals surface area (Å²) in [6, 6.07) is 15.6. The van der Waals surface area contributed by atoms with Crippen LogP contribution in [-0.2, 0) is 9.53 Å². The van der Waals surface area contributed by atoms with Crippen molar-refractivity contribution in [3.05, 3.63) is 65.7 Å². The molecule has 0 spiro atoms. The summed E-state index contributed by atoms with van der Waals surface area (Å²) in [5.41, 5.74) is 9.03. The molecule has 2 amide bonds. The molecule has 2 aromatic carbocycles. The Labute approximate surface area is 182 Å². The molecule has 0 saturated carbocycles. The van der Waals surface area contributed by atoms with Crippen LogP contribution in [0, 0.1) is 0 Å². The molecule has 0 unspecified atom stereocenters. The fraction of sp³-hybridized carbons (Fsp3) is 0.333. The van der Waals surface area contributed by atoms with Crippen molar-refractivity contribution in [2.24, 2.45) is 5.73 Å². The average molecular weight is 421 g/mol. The Morgan fingerprint density at radius 1 is 0.774 bits per heavy atom. The fourth-order valence-corrected chi connectivity index (χ4v) is 3.91. The molecule has 2 aromatic rings. The number of amides is 2. The van der Waals surface area contributed by atoms with Crippen molar-refractivity contribution in [3.63, 3.8) is 0 Å². The Hall–Kier alpha value is -3.32. The first-order chi connectivity index (χ1) is 15.1. The third-order valence-corrected chi connectivity index (χ3v) is 5.80. The Balaban J connectivity index is 1.28. The highest BCUT2D eigenvalue weighted by Crippen LogP contribution is 2.19.